The van der Waals surface area contributed by atoms with Crippen LogP contribution in [0.3, 0.4) is 0 Å². The summed E-state index contributed by atoms with van der Waals surface area (Å²) in [6, 6.07) is 0. The molecule has 0 radical (unpaired) electrons. The lowest BCUT2D eigenvalue weighted by Crippen LogP contribution is -2.30. The zero-order chi connectivity index (χ0) is 63.9. The van der Waals surface area contributed by atoms with E-state index in [1.54, 1.807) is 0 Å². The average molecular weight is 1270 g/mol. The van der Waals surface area contributed by atoms with E-state index in [4.69, 9.17) is 37.0 Å². The zero-order valence-corrected chi connectivity index (χ0v) is 57.7. The summed E-state index contributed by atoms with van der Waals surface area (Å²) < 4.78 is 68.1. The second kappa shape index (κ2) is 57.0. The molecule has 0 fully saturated rings. The fourth-order valence-corrected chi connectivity index (χ4v) is 11.5. The van der Waals surface area contributed by atoms with Crippen LogP contribution in [0.1, 0.15) is 325 Å². The van der Waals surface area contributed by atoms with Crippen LogP contribution in [-0.2, 0) is 65.4 Å². The van der Waals surface area contributed by atoms with Crippen molar-refractivity contribution >= 4 is 39.5 Å². The number of hydrogen-bond donors (Lipinski definition) is 3. The van der Waals surface area contributed by atoms with Gasteiger partial charge in [0.1, 0.15) is 19.3 Å². The number of unbranched alkanes of at least 4 members (excludes halogenated alkanes) is 29. The molecular weight excluding hydrogens is 1140 g/mol. The number of esters is 4. The Morgan fingerprint density at radius 1 is 0.326 bits per heavy atom. The van der Waals surface area contributed by atoms with Crippen molar-refractivity contribution in [1.29, 1.82) is 0 Å². The van der Waals surface area contributed by atoms with Crippen molar-refractivity contribution in [3.8, 4) is 0 Å². The highest BCUT2D eigenvalue weighted by molar-refractivity contribution is 7.47. The first-order chi connectivity index (χ1) is 41.1. The molecule has 0 saturated heterocycles. The summed E-state index contributed by atoms with van der Waals surface area (Å²) in [4.78, 5) is 72.3. The first-order valence-electron chi connectivity index (χ1n) is 34.7. The quantitative estimate of drug-likeness (QED) is 0.0222. The Morgan fingerprint density at radius 3 is 0.826 bits per heavy atom. The maximum Gasteiger partial charge on any atom is 0.472 e. The van der Waals surface area contributed by atoms with Gasteiger partial charge in [-0.1, -0.05) is 274 Å². The topological polar surface area (TPSA) is 237 Å². The van der Waals surface area contributed by atoms with Gasteiger partial charge in [0.2, 0.25) is 0 Å². The second-order valence-corrected chi connectivity index (χ2v) is 28.8. The number of hydrogen-bond acceptors (Lipinski definition) is 15. The number of ether oxygens (including phenoxy) is 4. The lowest BCUT2D eigenvalue weighted by molar-refractivity contribution is -0.161. The third kappa shape index (κ3) is 59.7. The van der Waals surface area contributed by atoms with Crippen molar-refractivity contribution < 1.29 is 80.2 Å². The number of carbonyl (C=O) groups excluding carboxylic acids is 4. The zero-order valence-electron chi connectivity index (χ0n) is 55.9. The minimum absolute atomic E-state index is 0.101. The van der Waals surface area contributed by atoms with E-state index in [0.717, 1.165) is 114 Å². The predicted molar refractivity (Wildman–Crippen MR) is 344 cm³/mol. The average Bonchev–Trinajstić information content (AvgIpc) is 3.66. The van der Waals surface area contributed by atoms with Gasteiger partial charge < -0.3 is 33.8 Å². The van der Waals surface area contributed by atoms with Crippen LogP contribution in [0.4, 0.5) is 0 Å². The molecule has 0 aliphatic rings. The highest BCUT2D eigenvalue weighted by atomic mass is 31.2. The fraction of sp³-hybridized carbons (Fsp3) is 0.940. The highest BCUT2D eigenvalue weighted by Crippen LogP contribution is 2.45. The molecule has 3 unspecified atom stereocenters. The van der Waals surface area contributed by atoms with Gasteiger partial charge >= 0.3 is 39.5 Å². The van der Waals surface area contributed by atoms with Gasteiger partial charge in [-0.05, 0) is 49.4 Å². The Balaban J connectivity index is 5.23. The smallest absolute Gasteiger partial charge is 0.462 e. The second-order valence-electron chi connectivity index (χ2n) is 25.9. The molecule has 6 atom stereocenters. The molecule has 0 spiro atoms. The number of phosphoric acid groups is 2. The lowest BCUT2D eigenvalue weighted by atomic mass is 10.00. The summed E-state index contributed by atoms with van der Waals surface area (Å²) in [5.41, 5.74) is 0. The predicted octanol–water partition coefficient (Wildman–Crippen LogP) is 18.5. The Bertz CT molecular complexity index is 1720. The molecular formula is C67H130O17P2. The molecule has 0 amide bonds. The van der Waals surface area contributed by atoms with Crippen molar-refractivity contribution in [2.75, 3.05) is 39.6 Å². The molecule has 510 valence electrons. The molecule has 86 heavy (non-hydrogen) atoms. The summed E-state index contributed by atoms with van der Waals surface area (Å²) in [7, 11) is -9.90. The normalized spacial score (nSPS) is 14.7. The van der Waals surface area contributed by atoms with E-state index in [2.05, 4.69) is 55.4 Å². The van der Waals surface area contributed by atoms with Gasteiger partial charge in [-0.3, -0.25) is 37.3 Å². The van der Waals surface area contributed by atoms with Crippen molar-refractivity contribution in [3.05, 3.63) is 0 Å². The van der Waals surface area contributed by atoms with E-state index in [1.165, 1.54) is 122 Å². The molecule has 0 aromatic heterocycles. The molecule has 0 aromatic carbocycles. The van der Waals surface area contributed by atoms with Crippen LogP contribution in [0.2, 0.25) is 0 Å². The summed E-state index contributed by atoms with van der Waals surface area (Å²) in [5, 5.41) is 10.6. The standard InChI is InChI=1S/C67H130O17P2/c1-9-60(8)46-38-30-24-26-32-40-48-65(70)78-54-62(83-66(71)49-41-33-22-18-12-10-11-15-19-27-35-43-57(2)3)55-81-85(73,74)79-51-61(68)52-80-86(75,76)82-56-63(84-67(72)50-42-34-25-23-29-37-45-59(6)7)53-77-64(69)47-39-31-21-17-14-13-16-20-28-36-44-58(4)5/h57-63,68H,9-56H2,1-8H3,(H,73,74)(H,75,76)/t60?,61-,62+,63+/m0/s1. The first-order valence-corrected chi connectivity index (χ1v) is 37.7. The van der Waals surface area contributed by atoms with E-state index < -0.39 is 97.5 Å². The SMILES string of the molecule is CCC(C)CCCCCCCCC(=O)OC[C@H](COP(=O)(O)OC[C@H](O)COP(=O)(O)OC[C@@H](COC(=O)CCCCCCCCCCCCC(C)C)OC(=O)CCCCCCCCC(C)C)OC(=O)CCCCCCCCCCCCCC(C)C. The van der Waals surface area contributed by atoms with E-state index in [1.807, 2.05) is 0 Å². The first kappa shape index (κ1) is 84.1. The van der Waals surface area contributed by atoms with Gasteiger partial charge in [-0.15, -0.1) is 0 Å². The number of aliphatic hydroxyl groups excluding tert-OH is 1. The van der Waals surface area contributed by atoms with Gasteiger partial charge in [0.05, 0.1) is 26.4 Å². The molecule has 19 heteroatoms. The molecule has 17 nitrogen and oxygen atoms in total. The number of aliphatic hydroxyl groups is 1. The minimum atomic E-state index is -4.95. The largest absolute Gasteiger partial charge is 0.472 e. The van der Waals surface area contributed by atoms with Crippen LogP contribution in [0, 0.1) is 23.7 Å². The highest BCUT2D eigenvalue weighted by Gasteiger charge is 2.30. The van der Waals surface area contributed by atoms with Gasteiger partial charge in [0.25, 0.3) is 0 Å². The van der Waals surface area contributed by atoms with Crippen molar-refractivity contribution in [2.45, 2.75) is 343 Å². The summed E-state index contributed by atoms with van der Waals surface area (Å²) in [5.74, 6) is 0.786. The van der Waals surface area contributed by atoms with Crippen LogP contribution in [0.25, 0.3) is 0 Å². The molecule has 0 aliphatic carbocycles. The maximum atomic E-state index is 13.0. The molecule has 0 heterocycles. The van der Waals surface area contributed by atoms with E-state index in [-0.39, 0.29) is 25.7 Å². The van der Waals surface area contributed by atoms with Crippen LogP contribution >= 0.6 is 15.6 Å². The van der Waals surface area contributed by atoms with Crippen LogP contribution in [0.5, 0.6) is 0 Å². The minimum Gasteiger partial charge on any atom is -0.462 e. The van der Waals surface area contributed by atoms with Gasteiger partial charge in [0, 0.05) is 25.7 Å². The van der Waals surface area contributed by atoms with Crippen LogP contribution < -0.4 is 0 Å². The Kier molecular flexibility index (Phi) is 55.7. The van der Waals surface area contributed by atoms with E-state index in [9.17, 15) is 43.2 Å². The van der Waals surface area contributed by atoms with E-state index >= 15 is 0 Å². The van der Waals surface area contributed by atoms with Crippen LogP contribution in [0.15, 0.2) is 0 Å². The summed E-state index contributed by atoms with van der Waals surface area (Å²) in [6.07, 6.45) is 37.7. The molecule has 0 aliphatic heterocycles. The number of phosphoric ester groups is 2. The van der Waals surface area contributed by atoms with E-state index in [0.29, 0.717) is 31.6 Å². The lowest BCUT2D eigenvalue weighted by Gasteiger charge is -2.21. The fourth-order valence-electron chi connectivity index (χ4n) is 9.93. The molecule has 3 N–H and O–H groups in total. The van der Waals surface area contributed by atoms with Crippen molar-refractivity contribution in [3.63, 3.8) is 0 Å². The molecule has 0 bridgehead atoms. The van der Waals surface area contributed by atoms with Gasteiger partial charge in [-0.2, -0.15) is 0 Å². The van der Waals surface area contributed by atoms with Gasteiger partial charge in [0.15, 0.2) is 12.2 Å². The van der Waals surface area contributed by atoms with Gasteiger partial charge in [-0.25, -0.2) is 9.13 Å². The summed E-state index contributed by atoms with van der Waals surface area (Å²) >= 11 is 0. The maximum absolute atomic E-state index is 13.0. The molecule has 0 rings (SSSR count). The van der Waals surface area contributed by atoms with Crippen molar-refractivity contribution in [2.24, 2.45) is 23.7 Å². The van der Waals surface area contributed by atoms with Crippen molar-refractivity contribution in [1.82, 2.24) is 0 Å². The van der Waals surface area contributed by atoms with Crippen LogP contribution in [-0.4, -0.2) is 96.7 Å². The summed E-state index contributed by atoms with van der Waals surface area (Å²) in [6.45, 7) is 14.0. The Labute approximate surface area is 524 Å². The number of carbonyl (C=O) groups is 4. The third-order valence-corrected chi connectivity index (χ3v) is 17.6. The molecule has 0 aromatic rings. The number of rotatable bonds is 64. The third-order valence-electron chi connectivity index (χ3n) is 15.7. The Morgan fingerprint density at radius 2 is 0.558 bits per heavy atom. The monoisotopic (exact) mass is 1270 g/mol. The molecule has 0 saturated carbocycles. The Hall–Kier alpha value is -1.94.